The second-order valence-electron chi connectivity index (χ2n) is 4.92. The van der Waals surface area contributed by atoms with Crippen LogP contribution < -0.4 is 16.2 Å². The van der Waals surface area contributed by atoms with Crippen molar-refractivity contribution in [1.82, 2.24) is 0 Å². The predicted molar refractivity (Wildman–Crippen MR) is 74.6 cm³/mol. The third-order valence-electron chi connectivity index (χ3n) is 2.71. The van der Waals surface area contributed by atoms with Crippen LogP contribution in [0.25, 0.3) is 0 Å². The molecule has 0 spiro atoms. The molecule has 0 bridgehead atoms. The normalized spacial score (nSPS) is 11.3. The Labute approximate surface area is 107 Å². The number of hydrogen-bond acceptors (Lipinski definition) is 3. The molecule has 3 heteroatoms. The summed E-state index contributed by atoms with van der Waals surface area (Å²) in [6, 6.07) is 15.1. The maximum atomic E-state index is 6.02. The summed E-state index contributed by atoms with van der Waals surface area (Å²) in [6.07, 6.45) is 0. The van der Waals surface area contributed by atoms with E-state index in [0.717, 1.165) is 22.7 Å². The zero-order valence-electron chi connectivity index (χ0n) is 10.7. The number of nitrogens with two attached hydrogens (primary N) is 2. The van der Waals surface area contributed by atoms with Gasteiger partial charge in [-0.15, -0.1) is 0 Å². The summed E-state index contributed by atoms with van der Waals surface area (Å²) in [5.41, 5.74) is 13.1. The lowest BCUT2D eigenvalue weighted by atomic mass is 9.96. The fourth-order valence-electron chi connectivity index (χ4n) is 1.62. The van der Waals surface area contributed by atoms with Gasteiger partial charge in [-0.25, -0.2) is 0 Å². The summed E-state index contributed by atoms with van der Waals surface area (Å²) in [6.45, 7) is 3.95. The molecule has 0 amide bonds. The Kier molecular flexibility index (Phi) is 3.26. The van der Waals surface area contributed by atoms with Crippen molar-refractivity contribution in [2.75, 3.05) is 5.73 Å². The molecule has 3 nitrogen and oxygen atoms in total. The topological polar surface area (TPSA) is 61.3 Å². The molecule has 0 unspecified atom stereocenters. The van der Waals surface area contributed by atoms with Crippen molar-refractivity contribution in [3.63, 3.8) is 0 Å². The molecular weight excluding hydrogens is 224 g/mol. The van der Waals surface area contributed by atoms with Gasteiger partial charge in [0, 0.05) is 11.2 Å². The standard InChI is InChI=1S/C15H18N2O/c1-15(2,17)11-3-7-13(8-4-11)18-14-9-5-12(16)6-10-14/h3-10H,16-17H2,1-2H3. The SMILES string of the molecule is CC(C)(N)c1ccc(Oc2ccc(N)cc2)cc1. The van der Waals surface area contributed by atoms with Crippen molar-refractivity contribution in [1.29, 1.82) is 0 Å². The minimum absolute atomic E-state index is 0.334. The fraction of sp³-hybridized carbons (Fsp3) is 0.200. The zero-order chi connectivity index (χ0) is 13.2. The monoisotopic (exact) mass is 242 g/mol. The van der Waals surface area contributed by atoms with Crippen molar-refractivity contribution in [2.24, 2.45) is 5.73 Å². The van der Waals surface area contributed by atoms with E-state index in [0.29, 0.717) is 0 Å². The van der Waals surface area contributed by atoms with Crippen LogP contribution in [-0.2, 0) is 5.54 Å². The number of hydrogen-bond donors (Lipinski definition) is 2. The van der Waals surface area contributed by atoms with Gasteiger partial charge >= 0.3 is 0 Å². The molecule has 2 rings (SSSR count). The lowest BCUT2D eigenvalue weighted by Gasteiger charge is -2.19. The first-order chi connectivity index (χ1) is 8.45. The highest BCUT2D eigenvalue weighted by Crippen LogP contribution is 2.25. The van der Waals surface area contributed by atoms with Crippen LogP contribution >= 0.6 is 0 Å². The maximum absolute atomic E-state index is 6.02. The molecule has 0 saturated carbocycles. The van der Waals surface area contributed by atoms with Crippen LogP contribution in [0.3, 0.4) is 0 Å². The largest absolute Gasteiger partial charge is 0.457 e. The highest BCUT2D eigenvalue weighted by molar-refractivity contribution is 5.43. The Bertz CT molecular complexity index is 510. The highest BCUT2D eigenvalue weighted by atomic mass is 16.5. The molecule has 0 aliphatic heterocycles. The van der Waals surface area contributed by atoms with E-state index >= 15 is 0 Å². The van der Waals surface area contributed by atoms with Gasteiger partial charge in [0.05, 0.1) is 0 Å². The molecule has 2 aromatic carbocycles. The van der Waals surface area contributed by atoms with E-state index in [-0.39, 0.29) is 5.54 Å². The number of nitrogen functional groups attached to an aromatic ring is 1. The van der Waals surface area contributed by atoms with Crippen LogP contribution in [0, 0.1) is 0 Å². The highest BCUT2D eigenvalue weighted by Gasteiger charge is 2.13. The van der Waals surface area contributed by atoms with Crippen molar-refractivity contribution in [2.45, 2.75) is 19.4 Å². The Hall–Kier alpha value is -2.00. The Morgan fingerprint density at radius 1 is 0.833 bits per heavy atom. The summed E-state index contributed by atoms with van der Waals surface area (Å²) in [5.74, 6) is 1.55. The lowest BCUT2D eigenvalue weighted by Crippen LogP contribution is -2.28. The average molecular weight is 242 g/mol. The summed E-state index contributed by atoms with van der Waals surface area (Å²) < 4.78 is 5.70. The van der Waals surface area contributed by atoms with Gasteiger partial charge in [-0.1, -0.05) is 12.1 Å². The molecule has 0 aromatic heterocycles. The summed E-state index contributed by atoms with van der Waals surface area (Å²) in [7, 11) is 0. The first-order valence-electron chi connectivity index (χ1n) is 5.88. The Morgan fingerprint density at radius 2 is 1.28 bits per heavy atom. The van der Waals surface area contributed by atoms with Crippen molar-refractivity contribution < 1.29 is 4.74 Å². The third kappa shape index (κ3) is 3.02. The first-order valence-corrected chi connectivity index (χ1v) is 5.88. The zero-order valence-corrected chi connectivity index (χ0v) is 10.7. The molecule has 18 heavy (non-hydrogen) atoms. The lowest BCUT2D eigenvalue weighted by molar-refractivity contribution is 0.481. The predicted octanol–water partition coefficient (Wildman–Crippen LogP) is 3.25. The van der Waals surface area contributed by atoms with Crippen LogP contribution in [-0.4, -0.2) is 0 Å². The van der Waals surface area contributed by atoms with E-state index < -0.39 is 0 Å². The molecule has 0 aliphatic carbocycles. The summed E-state index contributed by atoms with van der Waals surface area (Å²) in [5, 5.41) is 0. The second kappa shape index (κ2) is 4.70. The molecular formula is C15H18N2O. The summed E-state index contributed by atoms with van der Waals surface area (Å²) >= 11 is 0. The van der Waals surface area contributed by atoms with E-state index in [1.807, 2.05) is 62.4 Å². The van der Waals surface area contributed by atoms with Gasteiger partial charge in [-0.05, 0) is 55.8 Å². The van der Waals surface area contributed by atoms with E-state index in [4.69, 9.17) is 16.2 Å². The van der Waals surface area contributed by atoms with Gasteiger partial charge in [0.1, 0.15) is 11.5 Å². The van der Waals surface area contributed by atoms with Crippen molar-refractivity contribution >= 4 is 5.69 Å². The molecule has 0 saturated heterocycles. The van der Waals surface area contributed by atoms with Gasteiger partial charge in [0.15, 0.2) is 0 Å². The molecule has 0 heterocycles. The van der Waals surface area contributed by atoms with E-state index in [1.165, 1.54) is 0 Å². The maximum Gasteiger partial charge on any atom is 0.127 e. The first kappa shape index (κ1) is 12.5. The van der Waals surface area contributed by atoms with Crippen LogP contribution in [0.5, 0.6) is 11.5 Å². The van der Waals surface area contributed by atoms with E-state index in [2.05, 4.69) is 0 Å². The van der Waals surface area contributed by atoms with Gasteiger partial charge in [0.2, 0.25) is 0 Å². The minimum Gasteiger partial charge on any atom is -0.457 e. The number of rotatable bonds is 3. The minimum atomic E-state index is -0.334. The average Bonchev–Trinajstić information content (AvgIpc) is 2.32. The van der Waals surface area contributed by atoms with E-state index in [9.17, 15) is 0 Å². The van der Waals surface area contributed by atoms with Gasteiger partial charge in [0.25, 0.3) is 0 Å². The van der Waals surface area contributed by atoms with Gasteiger partial charge < -0.3 is 16.2 Å². The number of benzene rings is 2. The quantitative estimate of drug-likeness (QED) is 0.812. The van der Waals surface area contributed by atoms with Crippen LogP contribution in [0.4, 0.5) is 5.69 Å². The Morgan fingerprint density at radius 3 is 1.72 bits per heavy atom. The molecule has 0 aliphatic rings. The Balaban J connectivity index is 2.13. The molecule has 4 N–H and O–H groups in total. The molecule has 0 fully saturated rings. The number of anilines is 1. The van der Waals surface area contributed by atoms with Gasteiger partial charge in [-0.2, -0.15) is 0 Å². The van der Waals surface area contributed by atoms with E-state index in [1.54, 1.807) is 0 Å². The molecule has 0 radical (unpaired) electrons. The fourth-order valence-corrected chi connectivity index (χ4v) is 1.62. The number of ether oxygens (including phenoxy) is 1. The molecule has 2 aromatic rings. The third-order valence-corrected chi connectivity index (χ3v) is 2.71. The molecule has 0 atom stereocenters. The molecule has 94 valence electrons. The van der Waals surface area contributed by atoms with Crippen LogP contribution in [0.1, 0.15) is 19.4 Å². The smallest absolute Gasteiger partial charge is 0.127 e. The van der Waals surface area contributed by atoms with Crippen molar-refractivity contribution in [3.8, 4) is 11.5 Å². The van der Waals surface area contributed by atoms with Gasteiger partial charge in [-0.3, -0.25) is 0 Å². The van der Waals surface area contributed by atoms with Crippen LogP contribution in [0.15, 0.2) is 48.5 Å². The summed E-state index contributed by atoms with van der Waals surface area (Å²) in [4.78, 5) is 0. The second-order valence-corrected chi connectivity index (χ2v) is 4.92. The van der Waals surface area contributed by atoms with Crippen LogP contribution in [0.2, 0.25) is 0 Å². The van der Waals surface area contributed by atoms with Crippen molar-refractivity contribution in [3.05, 3.63) is 54.1 Å².